The third-order valence-electron chi connectivity index (χ3n) is 1.85. The fourth-order valence-corrected chi connectivity index (χ4v) is 1.12. The molecule has 2 atom stereocenters. The van der Waals surface area contributed by atoms with Gasteiger partial charge in [0, 0.05) is 8.78 Å². The standard InChI is InChI=1S/C7H15N/c1-7-5-3-4-6-8(7)2/h7H,3-6H2,1-2H3/t7-/m1/s1/i2TD/t2-,7+/m0. The Labute approximate surface area is 54.5 Å². The molecule has 1 heteroatoms. The van der Waals surface area contributed by atoms with Crippen LogP contribution >= 0.6 is 0 Å². The summed E-state index contributed by atoms with van der Waals surface area (Å²) in [4.78, 5) is 1.93. The molecule has 1 fully saturated rings. The van der Waals surface area contributed by atoms with E-state index in [9.17, 15) is 0 Å². The SMILES string of the molecule is [2H][C@@H]([3H])N1CCCC[C@H]1C. The van der Waals surface area contributed by atoms with E-state index in [4.69, 9.17) is 2.74 Å². The molecular weight excluding hydrogens is 98.1 g/mol. The maximum atomic E-state index is 7.20. The molecule has 1 saturated heterocycles. The Hall–Kier alpha value is -0.0400. The van der Waals surface area contributed by atoms with Gasteiger partial charge in [0.25, 0.3) is 0 Å². The topological polar surface area (TPSA) is 3.24 Å². The van der Waals surface area contributed by atoms with Crippen LogP contribution in [0, 0.1) is 0 Å². The van der Waals surface area contributed by atoms with Crippen LogP contribution in [0.25, 0.3) is 0 Å². The minimum atomic E-state index is -0.754. The van der Waals surface area contributed by atoms with Gasteiger partial charge in [0.05, 0.1) is 0 Å². The summed E-state index contributed by atoms with van der Waals surface area (Å²) in [5, 5.41) is 0. The Morgan fingerprint density at radius 1 is 1.88 bits per heavy atom. The van der Waals surface area contributed by atoms with Crippen molar-refractivity contribution in [3.63, 3.8) is 0 Å². The largest absolute Gasteiger partial charge is 0.304 e. The number of nitrogens with zero attached hydrogens (tertiary/aromatic N) is 1. The lowest BCUT2D eigenvalue weighted by atomic mass is 10.1. The maximum Gasteiger partial charge on any atom is 0.0394 e. The van der Waals surface area contributed by atoms with E-state index in [1.54, 1.807) is 0 Å². The summed E-state index contributed by atoms with van der Waals surface area (Å²) in [6.07, 6.45) is 3.59. The van der Waals surface area contributed by atoms with Crippen LogP contribution in [0.2, 0.25) is 0 Å². The van der Waals surface area contributed by atoms with Crippen LogP contribution in [0.5, 0.6) is 0 Å². The number of hydrogen-bond donors (Lipinski definition) is 0. The van der Waals surface area contributed by atoms with E-state index < -0.39 is 7.00 Å². The van der Waals surface area contributed by atoms with Gasteiger partial charge in [0.2, 0.25) is 0 Å². The van der Waals surface area contributed by atoms with E-state index in [0.29, 0.717) is 6.04 Å². The Kier molecular flexibility index (Phi) is 1.21. The first-order valence-corrected chi connectivity index (χ1v) is 3.32. The predicted octanol–water partition coefficient (Wildman–Crippen LogP) is 1.49. The zero-order valence-electron chi connectivity index (χ0n) is 7.43. The smallest absolute Gasteiger partial charge is 0.0394 e. The van der Waals surface area contributed by atoms with Crippen LogP contribution in [-0.2, 0) is 0 Å². The lowest BCUT2D eigenvalue weighted by Gasteiger charge is -2.29. The summed E-state index contributed by atoms with van der Waals surface area (Å²) >= 11 is 0. The molecule has 8 heavy (non-hydrogen) atoms. The van der Waals surface area contributed by atoms with Crippen molar-refractivity contribution in [2.75, 3.05) is 13.5 Å². The molecule has 48 valence electrons. The molecular formula is C7H15N. The van der Waals surface area contributed by atoms with Crippen LogP contribution < -0.4 is 0 Å². The second kappa shape index (κ2) is 2.49. The van der Waals surface area contributed by atoms with Gasteiger partial charge in [-0.15, -0.1) is 0 Å². The van der Waals surface area contributed by atoms with Gasteiger partial charge in [0.15, 0.2) is 0 Å². The van der Waals surface area contributed by atoms with Crippen LogP contribution in [0.15, 0.2) is 0 Å². The van der Waals surface area contributed by atoms with Crippen LogP contribution in [0.1, 0.15) is 28.9 Å². The van der Waals surface area contributed by atoms with Crippen LogP contribution in [-0.4, -0.2) is 24.5 Å². The second-order valence-corrected chi connectivity index (χ2v) is 2.58. The zero-order chi connectivity index (χ0) is 7.56. The third-order valence-corrected chi connectivity index (χ3v) is 1.85. The van der Waals surface area contributed by atoms with Gasteiger partial charge in [-0.3, -0.25) is 0 Å². The minimum absolute atomic E-state index is 0.453. The Balaban J connectivity index is 2.40. The fraction of sp³-hybridized carbons (Fsp3) is 1.00. The molecule has 1 aliphatic rings. The molecule has 0 aromatic carbocycles. The summed E-state index contributed by atoms with van der Waals surface area (Å²) in [5.74, 6) is 0. The third kappa shape index (κ3) is 1.22. The highest BCUT2D eigenvalue weighted by Gasteiger charge is 2.12. The monoisotopic (exact) mass is 116 g/mol. The van der Waals surface area contributed by atoms with Crippen molar-refractivity contribution in [3.05, 3.63) is 0 Å². The van der Waals surface area contributed by atoms with Gasteiger partial charge in [-0.1, -0.05) is 6.42 Å². The van der Waals surface area contributed by atoms with Crippen LogP contribution in [0.4, 0.5) is 0 Å². The van der Waals surface area contributed by atoms with Crippen LogP contribution in [0.3, 0.4) is 0 Å². The van der Waals surface area contributed by atoms with E-state index in [-0.39, 0.29) is 0 Å². The quantitative estimate of drug-likeness (QED) is 0.463. The molecule has 0 unspecified atom stereocenters. The van der Waals surface area contributed by atoms with Gasteiger partial charge in [-0.25, -0.2) is 0 Å². The maximum absolute atomic E-state index is 7.20. The molecule has 0 N–H and O–H groups in total. The highest BCUT2D eigenvalue weighted by Crippen LogP contribution is 2.13. The average Bonchev–Trinajstić information content (AvgIpc) is 1.88. The molecule has 0 radical (unpaired) electrons. The molecule has 1 nitrogen and oxygen atoms in total. The molecule has 0 spiro atoms. The normalized spacial score (nSPS) is 40.4. The van der Waals surface area contributed by atoms with E-state index >= 15 is 0 Å². The molecule has 1 rings (SSSR count). The molecule has 0 aromatic rings. The first kappa shape index (κ1) is 3.89. The molecule has 1 heterocycles. The number of hydrogen-bond acceptors (Lipinski definition) is 1. The Morgan fingerprint density at radius 2 is 2.75 bits per heavy atom. The van der Waals surface area contributed by atoms with Crippen molar-refractivity contribution in [3.8, 4) is 0 Å². The number of piperidine rings is 1. The second-order valence-electron chi connectivity index (χ2n) is 2.58. The molecule has 0 aromatic heterocycles. The molecule has 0 amide bonds. The summed E-state index contributed by atoms with van der Waals surface area (Å²) in [6, 6.07) is 0.453. The van der Waals surface area contributed by atoms with Crippen molar-refractivity contribution in [1.29, 1.82) is 0 Å². The van der Waals surface area contributed by atoms with Gasteiger partial charge in [-0.05, 0) is 33.3 Å². The van der Waals surface area contributed by atoms with E-state index in [0.717, 1.165) is 13.0 Å². The van der Waals surface area contributed by atoms with E-state index in [1.165, 1.54) is 12.8 Å². The first-order chi connectivity index (χ1) is 4.72. The van der Waals surface area contributed by atoms with Crippen molar-refractivity contribution in [2.45, 2.75) is 32.2 Å². The van der Waals surface area contributed by atoms with Gasteiger partial charge in [-0.2, -0.15) is 0 Å². The predicted molar refractivity (Wildman–Crippen MR) is 35.9 cm³/mol. The number of rotatable bonds is 0. The van der Waals surface area contributed by atoms with Gasteiger partial charge >= 0.3 is 0 Å². The average molecular weight is 116 g/mol. The Morgan fingerprint density at radius 3 is 3.25 bits per heavy atom. The van der Waals surface area contributed by atoms with Crippen molar-refractivity contribution in [2.24, 2.45) is 0 Å². The summed E-state index contributed by atoms with van der Waals surface area (Å²) < 4.78 is 14.4. The lowest BCUT2D eigenvalue weighted by Crippen LogP contribution is -2.33. The summed E-state index contributed by atoms with van der Waals surface area (Å²) in [5.41, 5.74) is 0. The molecule has 0 aliphatic carbocycles. The van der Waals surface area contributed by atoms with Gasteiger partial charge < -0.3 is 4.90 Å². The van der Waals surface area contributed by atoms with Gasteiger partial charge in [0.1, 0.15) is 0 Å². The fourth-order valence-electron chi connectivity index (χ4n) is 1.12. The molecule has 1 aliphatic heterocycles. The Bertz CT molecular complexity index is 106. The van der Waals surface area contributed by atoms with E-state index in [1.807, 2.05) is 4.90 Å². The minimum Gasteiger partial charge on any atom is -0.304 e. The molecule has 0 bridgehead atoms. The van der Waals surface area contributed by atoms with Crippen molar-refractivity contribution >= 4 is 0 Å². The zero-order valence-corrected chi connectivity index (χ0v) is 5.43. The van der Waals surface area contributed by atoms with Crippen molar-refractivity contribution in [1.82, 2.24) is 4.90 Å². The first-order valence-electron chi connectivity index (χ1n) is 4.47. The molecule has 0 saturated carbocycles. The number of likely N-dealkylation sites (tertiary alicyclic amines) is 1. The van der Waals surface area contributed by atoms with E-state index in [2.05, 4.69) is 6.92 Å². The lowest BCUT2D eigenvalue weighted by molar-refractivity contribution is 0.200. The summed E-state index contributed by atoms with van der Waals surface area (Å²) in [6.45, 7) is 2.30. The highest BCUT2D eigenvalue weighted by molar-refractivity contribution is 4.68. The van der Waals surface area contributed by atoms with Crippen molar-refractivity contribution < 1.29 is 2.74 Å². The highest BCUT2D eigenvalue weighted by atomic mass is 15.1. The summed E-state index contributed by atoms with van der Waals surface area (Å²) in [7, 11) is 0.